The zero-order chi connectivity index (χ0) is 11.9. The fraction of sp³-hybridized carbons (Fsp3) is 0.538. The van der Waals surface area contributed by atoms with E-state index in [0.29, 0.717) is 11.7 Å². The predicted molar refractivity (Wildman–Crippen MR) is 67.1 cm³/mol. The van der Waals surface area contributed by atoms with Crippen molar-refractivity contribution in [1.82, 2.24) is 20.2 Å². The highest BCUT2D eigenvalue weighted by molar-refractivity contribution is 5.66. The number of piperidine rings is 1. The van der Waals surface area contributed by atoms with Crippen molar-refractivity contribution in [2.75, 3.05) is 19.6 Å². The second-order valence-corrected chi connectivity index (χ2v) is 5.11. The quantitative estimate of drug-likeness (QED) is 0.820. The standard InChI is InChI=1S/C13H16N4O/c1-2-11-12(14-5-1)16-13(18-11)10-8-15-9-3-6-17(10)7-4-9/h1-2,5,9-10,15H,3-4,6-8H2. The van der Waals surface area contributed by atoms with E-state index in [1.807, 2.05) is 12.1 Å². The van der Waals surface area contributed by atoms with E-state index in [4.69, 9.17) is 4.42 Å². The molecular weight excluding hydrogens is 228 g/mol. The summed E-state index contributed by atoms with van der Waals surface area (Å²) < 4.78 is 5.86. The third-order valence-corrected chi connectivity index (χ3v) is 4.04. The van der Waals surface area contributed by atoms with Gasteiger partial charge in [-0.25, -0.2) is 4.98 Å². The summed E-state index contributed by atoms with van der Waals surface area (Å²) >= 11 is 0. The van der Waals surface area contributed by atoms with E-state index in [2.05, 4.69) is 20.2 Å². The molecule has 1 N–H and O–H groups in total. The van der Waals surface area contributed by atoms with Crippen LogP contribution in [-0.4, -0.2) is 40.5 Å². The summed E-state index contributed by atoms with van der Waals surface area (Å²) in [6.07, 6.45) is 4.22. The maximum Gasteiger partial charge on any atom is 0.215 e. The van der Waals surface area contributed by atoms with Gasteiger partial charge in [-0.2, -0.15) is 4.98 Å². The van der Waals surface area contributed by atoms with Crippen molar-refractivity contribution in [2.24, 2.45) is 0 Å². The highest BCUT2D eigenvalue weighted by atomic mass is 16.4. The van der Waals surface area contributed by atoms with Crippen molar-refractivity contribution in [3.8, 4) is 0 Å². The van der Waals surface area contributed by atoms with Crippen LogP contribution in [0, 0.1) is 0 Å². The van der Waals surface area contributed by atoms with Crippen molar-refractivity contribution in [3.63, 3.8) is 0 Å². The molecule has 0 amide bonds. The number of hydrogen-bond acceptors (Lipinski definition) is 5. The van der Waals surface area contributed by atoms with Crippen LogP contribution in [0.1, 0.15) is 24.8 Å². The lowest BCUT2D eigenvalue weighted by Crippen LogP contribution is -2.35. The van der Waals surface area contributed by atoms with Gasteiger partial charge in [-0.1, -0.05) is 0 Å². The topological polar surface area (TPSA) is 54.2 Å². The molecule has 0 aliphatic carbocycles. The summed E-state index contributed by atoms with van der Waals surface area (Å²) in [6.45, 7) is 3.19. The summed E-state index contributed by atoms with van der Waals surface area (Å²) in [7, 11) is 0. The van der Waals surface area contributed by atoms with Gasteiger partial charge in [0.25, 0.3) is 0 Å². The molecule has 3 saturated heterocycles. The maximum absolute atomic E-state index is 5.86. The van der Waals surface area contributed by atoms with Gasteiger partial charge in [0.05, 0.1) is 6.04 Å². The zero-order valence-corrected chi connectivity index (χ0v) is 10.2. The smallest absolute Gasteiger partial charge is 0.215 e. The number of pyridine rings is 1. The molecule has 0 saturated carbocycles. The van der Waals surface area contributed by atoms with Crippen LogP contribution in [0.5, 0.6) is 0 Å². The van der Waals surface area contributed by atoms with Crippen LogP contribution in [-0.2, 0) is 0 Å². The van der Waals surface area contributed by atoms with Crippen LogP contribution in [0.2, 0.25) is 0 Å². The van der Waals surface area contributed by atoms with Gasteiger partial charge in [-0.15, -0.1) is 0 Å². The van der Waals surface area contributed by atoms with Gasteiger partial charge in [-0.3, -0.25) is 4.90 Å². The van der Waals surface area contributed by atoms with Crippen LogP contribution in [0.15, 0.2) is 22.7 Å². The van der Waals surface area contributed by atoms with Crippen molar-refractivity contribution in [3.05, 3.63) is 24.2 Å². The fourth-order valence-corrected chi connectivity index (χ4v) is 2.99. The number of nitrogens with one attached hydrogen (secondary N) is 1. The van der Waals surface area contributed by atoms with E-state index in [9.17, 15) is 0 Å². The third-order valence-electron chi connectivity index (χ3n) is 4.04. The Morgan fingerprint density at radius 3 is 3.06 bits per heavy atom. The molecule has 5 heterocycles. The summed E-state index contributed by atoms with van der Waals surface area (Å²) in [5.74, 6) is 0.804. The molecule has 5 heteroatoms. The van der Waals surface area contributed by atoms with Crippen molar-refractivity contribution < 1.29 is 4.42 Å². The number of rotatable bonds is 1. The molecule has 18 heavy (non-hydrogen) atoms. The molecule has 1 atom stereocenters. The van der Waals surface area contributed by atoms with Crippen LogP contribution in [0.3, 0.4) is 0 Å². The van der Waals surface area contributed by atoms with Gasteiger partial charge in [0, 0.05) is 31.9 Å². The van der Waals surface area contributed by atoms with E-state index in [-0.39, 0.29) is 6.04 Å². The highest BCUT2D eigenvalue weighted by Crippen LogP contribution is 2.28. The van der Waals surface area contributed by atoms with Crippen LogP contribution in [0.4, 0.5) is 0 Å². The molecule has 3 aliphatic heterocycles. The van der Waals surface area contributed by atoms with E-state index >= 15 is 0 Å². The van der Waals surface area contributed by atoms with Gasteiger partial charge < -0.3 is 9.73 Å². The number of nitrogens with zero attached hydrogens (tertiary/aromatic N) is 3. The second kappa shape index (κ2) is 4.03. The van der Waals surface area contributed by atoms with E-state index in [1.165, 1.54) is 12.8 Å². The van der Waals surface area contributed by atoms with Gasteiger partial charge >= 0.3 is 0 Å². The van der Waals surface area contributed by atoms with E-state index in [0.717, 1.165) is 31.1 Å². The first-order valence-corrected chi connectivity index (χ1v) is 6.59. The first-order valence-electron chi connectivity index (χ1n) is 6.59. The largest absolute Gasteiger partial charge is 0.437 e. The summed E-state index contributed by atoms with van der Waals surface area (Å²) in [6, 6.07) is 4.74. The average Bonchev–Trinajstić information content (AvgIpc) is 2.61. The Bertz CT molecular complexity index is 526. The Morgan fingerprint density at radius 2 is 2.22 bits per heavy atom. The summed E-state index contributed by atoms with van der Waals surface area (Å²) in [5, 5.41) is 3.60. The molecule has 5 nitrogen and oxygen atoms in total. The van der Waals surface area contributed by atoms with Gasteiger partial charge in [0.1, 0.15) is 0 Å². The molecule has 2 bridgehead atoms. The Kier molecular flexibility index (Phi) is 2.34. The number of hydrogen-bond donors (Lipinski definition) is 1. The Morgan fingerprint density at radius 1 is 1.33 bits per heavy atom. The molecule has 0 radical (unpaired) electrons. The highest BCUT2D eigenvalue weighted by Gasteiger charge is 2.33. The minimum absolute atomic E-state index is 0.256. The van der Waals surface area contributed by atoms with Crippen molar-refractivity contribution in [2.45, 2.75) is 24.9 Å². The minimum Gasteiger partial charge on any atom is -0.437 e. The predicted octanol–water partition coefficient (Wildman–Crippen LogP) is 1.33. The molecule has 2 aromatic rings. The Balaban J connectivity index is 1.72. The first kappa shape index (κ1) is 10.5. The van der Waals surface area contributed by atoms with E-state index < -0.39 is 0 Å². The SMILES string of the molecule is c1cnc2nc(C3CNC4CCN3CC4)oc2c1. The minimum atomic E-state index is 0.256. The fourth-order valence-electron chi connectivity index (χ4n) is 2.99. The van der Waals surface area contributed by atoms with E-state index in [1.54, 1.807) is 6.20 Å². The Labute approximate surface area is 105 Å². The summed E-state index contributed by atoms with van der Waals surface area (Å²) in [5.41, 5.74) is 1.50. The van der Waals surface area contributed by atoms with Gasteiger partial charge in [-0.05, 0) is 25.0 Å². The maximum atomic E-state index is 5.86. The van der Waals surface area contributed by atoms with Gasteiger partial charge in [0.2, 0.25) is 5.89 Å². The number of aromatic nitrogens is 2. The molecule has 0 aromatic carbocycles. The molecule has 1 unspecified atom stereocenters. The zero-order valence-electron chi connectivity index (χ0n) is 10.2. The lowest BCUT2D eigenvalue weighted by molar-refractivity contribution is 0.168. The molecule has 94 valence electrons. The molecule has 3 aliphatic rings. The lowest BCUT2D eigenvalue weighted by atomic mass is 10.1. The normalized spacial score (nSPS) is 31.7. The summed E-state index contributed by atoms with van der Waals surface area (Å²) in [4.78, 5) is 11.2. The van der Waals surface area contributed by atoms with Gasteiger partial charge in [0.15, 0.2) is 11.2 Å². The third kappa shape index (κ3) is 1.62. The number of fused-ring (bicyclic) bond motifs is 5. The number of oxazole rings is 1. The molecule has 0 spiro atoms. The first-order chi connectivity index (χ1) is 8.90. The Hall–Kier alpha value is -1.46. The average molecular weight is 244 g/mol. The lowest BCUT2D eigenvalue weighted by Gasteiger charge is -2.29. The van der Waals surface area contributed by atoms with Crippen LogP contribution < -0.4 is 5.32 Å². The van der Waals surface area contributed by atoms with Crippen LogP contribution >= 0.6 is 0 Å². The molecule has 2 aromatic heterocycles. The molecular formula is C13H16N4O. The second-order valence-electron chi connectivity index (χ2n) is 5.11. The molecule has 3 fully saturated rings. The molecule has 5 rings (SSSR count). The van der Waals surface area contributed by atoms with Crippen LogP contribution in [0.25, 0.3) is 11.2 Å². The van der Waals surface area contributed by atoms with Crippen molar-refractivity contribution >= 4 is 11.2 Å². The monoisotopic (exact) mass is 244 g/mol. The van der Waals surface area contributed by atoms with Crippen molar-refractivity contribution in [1.29, 1.82) is 0 Å².